The smallest absolute Gasteiger partial charge is 0.265 e. The van der Waals surface area contributed by atoms with Crippen molar-refractivity contribution in [3.05, 3.63) is 75.9 Å². The predicted molar refractivity (Wildman–Crippen MR) is 119 cm³/mol. The van der Waals surface area contributed by atoms with Gasteiger partial charge >= 0.3 is 0 Å². The molecule has 1 unspecified atom stereocenters. The number of hydrogen-bond acceptors (Lipinski definition) is 4. The molecule has 2 N–H and O–H groups in total. The molecule has 7 heteroatoms. The van der Waals surface area contributed by atoms with E-state index < -0.39 is 0 Å². The summed E-state index contributed by atoms with van der Waals surface area (Å²) in [5.74, 6) is -0.217. The SMILES string of the molecule is CCC(Sc1cccc(NC(=O)c2cccs2)c1)C(=O)Nc1cccc(Cl)c1. The van der Waals surface area contributed by atoms with Gasteiger partial charge in [0, 0.05) is 21.3 Å². The molecule has 0 saturated heterocycles. The summed E-state index contributed by atoms with van der Waals surface area (Å²) >= 11 is 8.84. The maximum Gasteiger partial charge on any atom is 0.265 e. The van der Waals surface area contributed by atoms with Crippen molar-refractivity contribution in [1.29, 1.82) is 0 Å². The second kappa shape index (κ2) is 9.78. The number of carbonyl (C=O) groups excluding carboxylic acids is 2. The van der Waals surface area contributed by atoms with E-state index in [2.05, 4.69) is 10.6 Å². The molecule has 3 rings (SSSR count). The molecule has 0 saturated carbocycles. The van der Waals surface area contributed by atoms with Crippen molar-refractivity contribution in [3.8, 4) is 0 Å². The number of benzene rings is 2. The molecule has 144 valence electrons. The van der Waals surface area contributed by atoms with Crippen LogP contribution in [0.3, 0.4) is 0 Å². The lowest BCUT2D eigenvalue weighted by molar-refractivity contribution is -0.115. The molecule has 1 atom stereocenters. The molecule has 28 heavy (non-hydrogen) atoms. The van der Waals surface area contributed by atoms with Gasteiger partial charge in [-0.1, -0.05) is 36.7 Å². The summed E-state index contributed by atoms with van der Waals surface area (Å²) in [5.41, 5.74) is 1.38. The van der Waals surface area contributed by atoms with E-state index in [1.807, 2.05) is 48.7 Å². The Bertz CT molecular complexity index is 961. The molecule has 0 aliphatic rings. The summed E-state index contributed by atoms with van der Waals surface area (Å²) in [7, 11) is 0. The van der Waals surface area contributed by atoms with E-state index in [9.17, 15) is 9.59 Å². The van der Waals surface area contributed by atoms with E-state index in [1.165, 1.54) is 23.1 Å². The monoisotopic (exact) mass is 430 g/mol. The van der Waals surface area contributed by atoms with Crippen molar-refractivity contribution in [2.75, 3.05) is 10.6 Å². The van der Waals surface area contributed by atoms with Crippen LogP contribution < -0.4 is 10.6 Å². The summed E-state index contributed by atoms with van der Waals surface area (Å²) in [4.78, 5) is 26.4. The molecular formula is C21H19ClN2O2S2. The first kappa shape index (κ1) is 20.5. The first-order chi connectivity index (χ1) is 13.5. The summed E-state index contributed by atoms with van der Waals surface area (Å²) in [6.45, 7) is 1.97. The van der Waals surface area contributed by atoms with Gasteiger partial charge < -0.3 is 10.6 Å². The first-order valence-corrected chi connectivity index (χ1v) is 10.9. The van der Waals surface area contributed by atoms with Gasteiger partial charge in [-0.3, -0.25) is 9.59 Å². The largest absolute Gasteiger partial charge is 0.325 e. The minimum absolute atomic E-state index is 0.0807. The highest BCUT2D eigenvalue weighted by atomic mass is 35.5. The third-order valence-electron chi connectivity index (χ3n) is 3.87. The zero-order valence-corrected chi connectivity index (χ0v) is 17.5. The molecule has 0 aliphatic heterocycles. The third-order valence-corrected chi connectivity index (χ3v) is 6.33. The molecule has 0 bridgehead atoms. The standard InChI is InChI=1S/C21H19ClN2O2S2/c1-2-18(20(25)23-15-7-3-6-14(22)12-15)28-17-9-4-8-16(13-17)24-21(26)19-10-5-11-27-19/h3-13,18H,2H2,1H3,(H,23,25)(H,24,26). The number of thiophene rings is 1. The average molecular weight is 431 g/mol. The third kappa shape index (κ3) is 5.61. The molecule has 1 heterocycles. The second-order valence-corrected chi connectivity index (χ2v) is 8.63. The topological polar surface area (TPSA) is 58.2 Å². The number of amides is 2. The van der Waals surface area contributed by atoms with Gasteiger partial charge in [0.05, 0.1) is 10.1 Å². The van der Waals surface area contributed by atoms with E-state index in [0.717, 1.165) is 4.90 Å². The number of thioether (sulfide) groups is 1. The molecule has 0 fully saturated rings. The lowest BCUT2D eigenvalue weighted by Crippen LogP contribution is -2.24. The van der Waals surface area contributed by atoms with Crippen molar-refractivity contribution in [1.82, 2.24) is 0 Å². The van der Waals surface area contributed by atoms with E-state index in [-0.39, 0.29) is 17.1 Å². The summed E-state index contributed by atoms with van der Waals surface area (Å²) in [6.07, 6.45) is 0.669. The van der Waals surface area contributed by atoms with Gasteiger partial charge in [-0.15, -0.1) is 23.1 Å². The van der Waals surface area contributed by atoms with Crippen molar-refractivity contribution in [2.45, 2.75) is 23.5 Å². The fourth-order valence-electron chi connectivity index (χ4n) is 2.52. The van der Waals surface area contributed by atoms with Crippen molar-refractivity contribution in [2.24, 2.45) is 0 Å². The van der Waals surface area contributed by atoms with Gasteiger partial charge in [0.1, 0.15) is 0 Å². The van der Waals surface area contributed by atoms with Crippen LogP contribution in [0.5, 0.6) is 0 Å². The normalized spacial score (nSPS) is 11.6. The highest BCUT2D eigenvalue weighted by Gasteiger charge is 2.18. The summed E-state index contributed by atoms with van der Waals surface area (Å²) < 4.78 is 0. The van der Waals surface area contributed by atoms with Crippen LogP contribution in [0.1, 0.15) is 23.0 Å². The zero-order chi connectivity index (χ0) is 19.9. The zero-order valence-electron chi connectivity index (χ0n) is 15.1. The van der Waals surface area contributed by atoms with Crippen LogP contribution >= 0.6 is 34.7 Å². The Morgan fingerprint density at radius 1 is 1.04 bits per heavy atom. The Morgan fingerprint density at radius 2 is 1.79 bits per heavy atom. The molecule has 3 aromatic rings. The molecule has 4 nitrogen and oxygen atoms in total. The van der Waals surface area contributed by atoms with Gasteiger partial charge in [0.15, 0.2) is 0 Å². The van der Waals surface area contributed by atoms with Crippen LogP contribution in [-0.4, -0.2) is 17.1 Å². The maximum absolute atomic E-state index is 12.6. The van der Waals surface area contributed by atoms with Crippen molar-refractivity contribution >= 4 is 57.9 Å². The number of halogens is 1. The van der Waals surface area contributed by atoms with Gasteiger partial charge in [-0.05, 0) is 54.3 Å². The minimum Gasteiger partial charge on any atom is -0.325 e. The van der Waals surface area contributed by atoms with Gasteiger partial charge in [0.25, 0.3) is 5.91 Å². The highest BCUT2D eigenvalue weighted by molar-refractivity contribution is 8.00. The molecule has 0 aliphatic carbocycles. The van der Waals surface area contributed by atoms with Crippen LogP contribution in [0, 0.1) is 0 Å². The lowest BCUT2D eigenvalue weighted by Gasteiger charge is -2.15. The molecule has 0 spiro atoms. The quantitative estimate of drug-likeness (QED) is 0.441. The van der Waals surface area contributed by atoms with Crippen molar-refractivity contribution < 1.29 is 9.59 Å². The first-order valence-electron chi connectivity index (χ1n) is 8.73. The molecule has 1 aromatic heterocycles. The summed E-state index contributed by atoms with van der Waals surface area (Å²) in [6, 6.07) is 18.2. The van der Waals surface area contributed by atoms with Crippen LogP contribution in [-0.2, 0) is 4.79 Å². The molecule has 0 radical (unpaired) electrons. The van der Waals surface area contributed by atoms with Gasteiger partial charge in [-0.2, -0.15) is 0 Å². The Labute approximate surface area is 177 Å². The van der Waals surface area contributed by atoms with E-state index >= 15 is 0 Å². The van der Waals surface area contributed by atoms with Crippen molar-refractivity contribution in [3.63, 3.8) is 0 Å². The molecular weight excluding hydrogens is 412 g/mol. The Balaban J connectivity index is 1.65. The minimum atomic E-state index is -0.262. The fourth-order valence-corrected chi connectivity index (χ4v) is 4.35. The average Bonchev–Trinajstić information content (AvgIpc) is 3.21. The number of rotatable bonds is 7. The lowest BCUT2D eigenvalue weighted by atomic mass is 10.2. The number of anilines is 2. The second-order valence-electron chi connectivity index (χ2n) is 5.97. The van der Waals surface area contributed by atoms with Crippen LogP contribution in [0.25, 0.3) is 0 Å². The molecule has 2 amide bonds. The van der Waals surface area contributed by atoms with E-state index in [1.54, 1.807) is 24.3 Å². The Hall–Kier alpha value is -2.28. The summed E-state index contributed by atoms with van der Waals surface area (Å²) in [5, 5.41) is 7.98. The van der Waals surface area contributed by atoms with Crippen LogP contribution in [0.2, 0.25) is 5.02 Å². The van der Waals surface area contributed by atoms with E-state index in [0.29, 0.717) is 27.7 Å². The number of nitrogens with one attached hydrogen (secondary N) is 2. The fraction of sp³-hybridized carbons (Fsp3) is 0.143. The van der Waals surface area contributed by atoms with Crippen LogP contribution in [0.15, 0.2) is 70.9 Å². The number of carbonyl (C=O) groups is 2. The van der Waals surface area contributed by atoms with Gasteiger partial charge in [-0.25, -0.2) is 0 Å². The highest BCUT2D eigenvalue weighted by Crippen LogP contribution is 2.29. The van der Waals surface area contributed by atoms with E-state index in [4.69, 9.17) is 11.6 Å². The maximum atomic E-state index is 12.6. The predicted octanol–water partition coefficient (Wildman–Crippen LogP) is 6.16. The van der Waals surface area contributed by atoms with Gasteiger partial charge in [0.2, 0.25) is 5.91 Å². The van der Waals surface area contributed by atoms with Crippen LogP contribution in [0.4, 0.5) is 11.4 Å². The number of hydrogen-bond donors (Lipinski definition) is 2. The molecule has 2 aromatic carbocycles. The Kier molecular flexibility index (Phi) is 7.14. The Morgan fingerprint density at radius 3 is 2.46 bits per heavy atom.